The number of rotatable bonds is 4. The van der Waals surface area contributed by atoms with Gasteiger partial charge in [-0.15, -0.1) is 0 Å². The van der Waals surface area contributed by atoms with E-state index in [0.717, 1.165) is 26.5 Å². The molecule has 2 aromatic heterocycles. The fourth-order valence-electron chi connectivity index (χ4n) is 2.89. The van der Waals surface area contributed by atoms with Gasteiger partial charge in [0.25, 0.3) is 0 Å². The Balaban J connectivity index is 1.94. The minimum absolute atomic E-state index is 0.122. The average molecular weight is 466 g/mol. The molecule has 0 saturated heterocycles. The van der Waals surface area contributed by atoms with Crippen LogP contribution < -0.4 is 10.7 Å². The molecule has 13 heteroatoms. The highest BCUT2D eigenvalue weighted by Crippen LogP contribution is 2.33. The molecule has 0 spiro atoms. The van der Waals surface area contributed by atoms with Crippen molar-refractivity contribution in [3.63, 3.8) is 0 Å². The highest BCUT2D eigenvalue weighted by molar-refractivity contribution is 6.33. The molecule has 166 valence electrons. The summed E-state index contributed by atoms with van der Waals surface area (Å²) >= 11 is 5.93. The second kappa shape index (κ2) is 7.91. The minimum atomic E-state index is -4.64. The molecule has 2 heterocycles. The third-order valence-corrected chi connectivity index (χ3v) is 4.59. The van der Waals surface area contributed by atoms with Crippen LogP contribution in [0.5, 0.6) is 0 Å². The van der Waals surface area contributed by atoms with Crippen molar-refractivity contribution < 1.29 is 26.3 Å². The molecule has 0 aliphatic rings. The number of aromatic nitrogens is 4. The highest BCUT2D eigenvalue weighted by Gasteiger charge is 2.32. The van der Waals surface area contributed by atoms with Gasteiger partial charge in [0.15, 0.2) is 11.6 Å². The Morgan fingerprint density at radius 3 is 2.29 bits per heavy atom. The Bertz CT molecular complexity index is 1170. The molecule has 3 rings (SSSR count). The highest BCUT2D eigenvalue weighted by atomic mass is 35.5. The summed E-state index contributed by atoms with van der Waals surface area (Å²) in [7, 11) is 1.34. The molecule has 0 unspecified atom stereocenters. The molecule has 31 heavy (non-hydrogen) atoms. The SMILES string of the molecule is Cc1nn(Cc2cccc(C(F)(F)F)c2)c(=O)n1N(C)c1ncc(C(F)(F)F)cc1Cl. The maximum atomic E-state index is 12.9. The molecular formula is C18H14ClF6N5O. The van der Waals surface area contributed by atoms with E-state index in [1.807, 2.05) is 0 Å². The number of alkyl halides is 6. The maximum Gasteiger partial charge on any atom is 0.417 e. The molecule has 0 radical (unpaired) electrons. The molecule has 0 fully saturated rings. The second-order valence-corrected chi connectivity index (χ2v) is 6.96. The predicted molar refractivity (Wildman–Crippen MR) is 99.8 cm³/mol. The van der Waals surface area contributed by atoms with E-state index in [-0.39, 0.29) is 28.8 Å². The van der Waals surface area contributed by atoms with Crippen LogP contribution in [-0.4, -0.2) is 26.5 Å². The van der Waals surface area contributed by atoms with Crippen LogP contribution in [-0.2, 0) is 18.9 Å². The number of benzene rings is 1. The van der Waals surface area contributed by atoms with E-state index in [4.69, 9.17) is 11.6 Å². The van der Waals surface area contributed by atoms with Gasteiger partial charge in [-0.2, -0.15) is 36.1 Å². The van der Waals surface area contributed by atoms with Gasteiger partial charge < -0.3 is 0 Å². The van der Waals surface area contributed by atoms with Crippen molar-refractivity contribution in [2.24, 2.45) is 0 Å². The standard InChI is InChI=1S/C18H14ClF6N5O/c1-10-27-29(9-11-4-3-5-12(6-11)17(20,21)22)16(31)30(10)28(2)15-14(19)7-13(8-26-15)18(23,24)25/h3-8H,9H2,1-2H3. The van der Waals surface area contributed by atoms with E-state index in [0.29, 0.717) is 12.3 Å². The zero-order valence-corrected chi connectivity index (χ0v) is 16.7. The number of hydrogen-bond donors (Lipinski definition) is 0. The fourth-order valence-corrected chi connectivity index (χ4v) is 3.18. The average Bonchev–Trinajstić information content (AvgIpc) is 2.93. The van der Waals surface area contributed by atoms with E-state index in [1.54, 1.807) is 0 Å². The molecular weight excluding hydrogens is 452 g/mol. The van der Waals surface area contributed by atoms with Crippen LogP contribution >= 0.6 is 11.6 Å². The van der Waals surface area contributed by atoms with Gasteiger partial charge in [0.1, 0.15) is 0 Å². The Labute approximate surface area is 176 Å². The lowest BCUT2D eigenvalue weighted by Crippen LogP contribution is -2.38. The molecule has 0 N–H and O–H groups in total. The summed E-state index contributed by atoms with van der Waals surface area (Å²) in [5.41, 5.74) is -2.48. The number of halogens is 7. The molecule has 0 aliphatic carbocycles. The van der Waals surface area contributed by atoms with Crippen molar-refractivity contribution in [1.29, 1.82) is 0 Å². The fraction of sp³-hybridized carbons (Fsp3) is 0.278. The topological polar surface area (TPSA) is 56.0 Å². The zero-order chi connectivity index (χ0) is 23.1. The van der Waals surface area contributed by atoms with Crippen molar-refractivity contribution in [3.8, 4) is 0 Å². The van der Waals surface area contributed by atoms with E-state index in [9.17, 15) is 31.1 Å². The number of nitrogens with zero attached hydrogens (tertiary/aromatic N) is 5. The smallest absolute Gasteiger partial charge is 0.260 e. The molecule has 1 aromatic carbocycles. The molecule has 0 amide bonds. The molecule has 0 bridgehead atoms. The van der Waals surface area contributed by atoms with Crippen molar-refractivity contribution in [2.45, 2.75) is 25.8 Å². The first-order valence-corrected chi connectivity index (χ1v) is 8.96. The molecule has 3 aromatic rings. The summed E-state index contributed by atoms with van der Waals surface area (Å²) < 4.78 is 79.1. The van der Waals surface area contributed by atoms with Crippen LogP contribution in [0.3, 0.4) is 0 Å². The van der Waals surface area contributed by atoms with E-state index < -0.39 is 29.2 Å². The molecule has 0 atom stereocenters. The van der Waals surface area contributed by atoms with Crippen molar-refractivity contribution in [1.82, 2.24) is 19.4 Å². The summed E-state index contributed by atoms with van der Waals surface area (Å²) in [6.45, 7) is 1.19. The molecule has 6 nitrogen and oxygen atoms in total. The summed E-state index contributed by atoms with van der Waals surface area (Å²) in [5, 5.41) is 4.78. The van der Waals surface area contributed by atoms with Crippen LogP contribution in [0.1, 0.15) is 22.5 Å². The van der Waals surface area contributed by atoms with Crippen LogP contribution in [0.2, 0.25) is 5.02 Å². The van der Waals surface area contributed by atoms with Gasteiger partial charge in [-0.3, -0.25) is 5.01 Å². The quantitative estimate of drug-likeness (QED) is 0.536. The first kappa shape index (κ1) is 22.7. The lowest BCUT2D eigenvalue weighted by atomic mass is 10.1. The van der Waals surface area contributed by atoms with Crippen LogP contribution in [0.4, 0.5) is 32.2 Å². The van der Waals surface area contributed by atoms with Crippen LogP contribution in [0.15, 0.2) is 41.3 Å². The van der Waals surface area contributed by atoms with Gasteiger partial charge in [-0.1, -0.05) is 23.7 Å². The van der Waals surface area contributed by atoms with E-state index in [2.05, 4.69) is 10.1 Å². The second-order valence-electron chi connectivity index (χ2n) is 6.55. The normalized spacial score (nSPS) is 12.3. The Morgan fingerprint density at radius 1 is 1.06 bits per heavy atom. The zero-order valence-electron chi connectivity index (χ0n) is 16.0. The van der Waals surface area contributed by atoms with E-state index >= 15 is 0 Å². The lowest BCUT2D eigenvalue weighted by molar-refractivity contribution is -0.138. The van der Waals surface area contributed by atoms with Gasteiger partial charge >= 0.3 is 18.0 Å². The Morgan fingerprint density at radius 2 is 1.71 bits per heavy atom. The van der Waals surface area contributed by atoms with Gasteiger partial charge in [0.05, 0.1) is 22.7 Å². The molecule has 0 aliphatic heterocycles. The number of anilines is 1. The monoisotopic (exact) mass is 465 g/mol. The summed E-state index contributed by atoms with van der Waals surface area (Å²) in [4.78, 5) is 16.5. The maximum absolute atomic E-state index is 12.9. The van der Waals surface area contributed by atoms with Gasteiger partial charge in [0.2, 0.25) is 0 Å². The lowest BCUT2D eigenvalue weighted by Gasteiger charge is -2.20. The first-order chi connectivity index (χ1) is 14.3. The summed E-state index contributed by atoms with van der Waals surface area (Å²) in [6.07, 6.45) is -8.61. The third kappa shape index (κ3) is 4.68. The van der Waals surface area contributed by atoms with Crippen LogP contribution in [0.25, 0.3) is 0 Å². The largest absolute Gasteiger partial charge is 0.417 e. The number of hydrogen-bond acceptors (Lipinski definition) is 4. The van der Waals surface area contributed by atoms with Gasteiger partial charge in [0, 0.05) is 13.2 Å². The van der Waals surface area contributed by atoms with Gasteiger partial charge in [-0.25, -0.2) is 14.5 Å². The number of aryl methyl sites for hydroxylation is 1. The van der Waals surface area contributed by atoms with Crippen molar-refractivity contribution in [3.05, 3.63) is 74.6 Å². The Kier molecular flexibility index (Phi) is 5.78. The summed E-state index contributed by atoms with van der Waals surface area (Å²) in [6, 6.07) is 5.11. The third-order valence-electron chi connectivity index (χ3n) is 4.32. The van der Waals surface area contributed by atoms with E-state index in [1.165, 1.54) is 26.1 Å². The van der Waals surface area contributed by atoms with Crippen molar-refractivity contribution in [2.75, 3.05) is 12.1 Å². The van der Waals surface area contributed by atoms with Crippen molar-refractivity contribution >= 4 is 17.4 Å². The first-order valence-electron chi connectivity index (χ1n) is 8.58. The van der Waals surface area contributed by atoms with Crippen LogP contribution in [0, 0.1) is 6.92 Å². The molecule has 0 saturated carbocycles. The summed E-state index contributed by atoms with van der Waals surface area (Å²) in [5.74, 6) is -0.0178. The number of pyridine rings is 1. The van der Waals surface area contributed by atoms with Gasteiger partial charge in [-0.05, 0) is 30.7 Å². The Hall–Kier alpha value is -3.02. The predicted octanol–water partition coefficient (Wildman–Crippen LogP) is 4.39. The minimum Gasteiger partial charge on any atom is -0.260 e.